The van der Waals surface area contributed by atoms with Crippen molar-refractivity contribution in [2.75, 3.05) is 0 Å². The first-order valence-corrected chi connectivity index (χ1v) is 11.4. The van der Waals surface area contributed by atoms with Crippen LogP contribution in [-0.2, 0) is 17.8 Å². The van der Waals surface area contributed by atoms with Crippen LogP contribution in [0.4, 0.5) is 4.39 Å². The molecule has 0 fully saturated rings. The Bertz CT molecular complexity index is 1330. The van der Waals surface area contributed by atoms with Crippen molar-refractivity contribution in [3.63, 3.8) is 0 Å². The summed E-state index contributed by atoms with van der Waals surface area (Å²) in [7, 11) is 0. The summed E-state index contributed by atoms with van der Waals surface area (Å²) in [4.78, 5) is 12.8. The number of nitrogens with zero attached hydrogens (tertiary/aromatic N) is 4. The van der Waals surface area contributed by atoms with Gasteiger partial charge in [-0.05, 0) is 47.5 Å². The first-order valence-electron chi connectivity index (χ1n) is 10.4. The fourth-order valence-electron chi connectivity index (χ4n) is 3.94. The summed E-state index contributed by atoms with van der Waals surface area (Å²) >= 11 is -2.43. The van der Waals surface area contributed by atoms with E-state index in [4.69, 9.17) is 4.98 Å². The summed E-state index contributed by atoms with van der Waals surface area (Å²) < 4.78 is 39.3. The molecule has 0 saturated carbocycles. The Morgan fingerprint density at radius 2 is 1.79 bits per heavy atom. The fourth-order valence-corrected chi connectivity index (χ4v) is 4.21. The van der Waals surface area contributed by atoms with Gasteiger partial charge in [0.15, 0.2) is 0 Å². The smallest absolute Gasteiger partial charge is 0.216 e. The molecule has 1 N–H and O–H groups in total. The SMILES string of the molecule is N#Cc1ccc(C(c2cccc(CNS(=O)[O-])n2)C(c2cccnc2)c2cccnc2F)cc1. The van der Waals surface area contributed by atoms with Crippen LogP contribution < -0.4 is 4.72 Å². The molecule has 0 bridgehead atoms. The minimum absolute atomic E-state index is 0.0167. The Kier molecular flexibility index (Phi) is 7.44. The van der Waals surface area contributed by atoms with Gasteiger partial charge in [-0.25, -0.2) is 9.71 Å². The molecule has 0 radical (unpaired) electrons. The molecule has 0 aliphatic heterocycles. The molecule has 7 nitrogen and oxygen atoms in total. The van der Waals surface area contributed by atoms with Crippen LogP contribution in [0.2, 0.25) is 0 Å². The van der Waals surface area contributed by atoms with Crippen molar-refractivity contribution in [2.24, 2.45) is 0 Å². The third kappa shape index (κ3) is 5.38. The number of hydrogen-bond donors (Lipinski definition) is 1. The van der Waals surface area contributed by atoms with E-state index >= 15 is 4.39 Å². The number of aromatic nitrogens is 3. The van der Waals surface area contributed by atoms with Crippen LogP contribution in [0.1, 0.15) is 45.5 Å². The van der Waals surface area contributed by atoms with Gasteiger partial charge in [0, 0.05) is 59.5 Å². The summed E-state index contributed by atoms with van der Waals surface area (Å²) in [5.74, 6) is -1.62. The summed E-state index contributed by atoms with van der Waals surface area (Å²) in [5, 5.41) is 9.24. The molecule has 0 spiro atoms. The van der Waals surface area contributed by atoms with Gasteiger partial charge in [0.2, 0.25) is 5.95 Å². The van der Waals surface area contributed by atoms with Gasteiger partial charge in [0.1, 0.15) is 0 Å². The lowest BCUT2D eigenvalue weighted by atomic mass is 9.76. The van der Waals surface area contributed by atoms with Gasteiger partial charge in [0.05, 0.1) is 17.3 Å². The second kappa shape index (κ2) is 10.9. The highest BCUT2D eigenvalue weighted by Gasteiger charge is 2.32. The van der Waals surface area contributed by atoms with Gasteiger partial charge in [-0.3, -0.25) is 14.2 Å². The number of pyridine rings is 3. The van der Waals surface area contributed by atoms with Gasteiger partial charge in [-0.1, -0.05) is 30.3 Å². The Morgan fingerprint density at radius 1 is 1.00 bits per heavy atom. The van der Waals surface area contributed by atoms with Crippen molar-refractivity contribution < 1.29 is 13.2 Å². The summed E-state index contributed by atoms with van der Waals surface area (Å²) in [5.41, 5.74) is 3.55. The molecule has 9 heteroatoms. The molecule has 3 aromatic heterocycles. The zero-order valence-electron chi connectivity index (χ0n) is 17.8. The molecule has 170 valence electrons. The first kappa shape index (κ1) is 23.3. The average molecular weight is 473 g/mol. The van der Waals surface area contributed by atoms with Crippen LogP contribution >= 0.6 is 0 Å². The highest BCUT2D eigenvalue weighted by molar-refractivity contribution is 7.77. The molecular weight excluding hydrogens is 453 g/mol. The first-order chi connectivity index (χ1) is 16.6. The molecule has 4 rings (SSSR count). The average Bonchev–Trinajstić information content (AvgIpc) is 2.87. The minimum atomic E-state index is -2.43. The number of halogens is 1. The summed E-state index contributed by atoms with van der Waals surface area (Å²) in [6, 6.07) is 21.5. The van der Waals surface area contributed by atoms with Gasteiger partial charge in [-0.2, -0.15) is 9.65 Å². The lowest BCUT2D eigenvalue weighted by molar-refractivity contribution is 0.521. The van der Waals surface area contributed by atoms with Crippen LogP contribution in [0.3, 0.4) is 0 Å². The molecule has 34 heavy (non-hydrogen) atoms. The van der Waals surface area contributed by atoms with Gasteiger partial charge in [0.25, 0.3) is 0 Å². The Labute approximate surface area is 198 Å². The molecule has 0 saturated heterocycles. The number of nitrogens with one attached hydrogen (secondary N) is 1. The number of benzene rings is 1. The Morgan fingerprint density at radius 3 is 2.47 bits per heavy atom. The van der Waals surface area contributed by atoms with E-state index in [1.807, 2.05) is 24.3 Å². The Hall–Kier alpha value is -3.84. The topological polar surface area (TPSA) is 115 Å². The zero-order chi connectivity index (χ0) is 23.9. The van der Waals surface area contributed by atoms with E-state index in [1.54, 1.807) is 54.9 Å². The van der Waals surface area contributed by atoms with Crippen LogP contribution in [0.15, 0.2) is 85.3 Å². The monoisotopic (exact) mass is 472 g/mol. The molecule has 1 aromatic carbocycles. The highest BCUT2D eigenvalue weighted by atomic mass is 32.2. The van der Waals surface area contributed by atoms with E-state index in [0.717, 1.165) is 11.1 Å². The third-order valence-electron chi connectivity index (χ3n) is 5.42. The fraction of sp³-hybridized carbons (Fsp3) is 0.120. The second-order valence-electron chi connectivity index (χ2n) is 7.47. The van der Waals surface area contributed by atoms with Gasteiger partial charge < -0.3 is 4.55 Å². The molecule has 0 aliphatic carbocycles. The van der Waals surface area contributed by atoms with E-state index in [-0.39, 0.29) is 6.54 Å². The van der Waals surface area contributed by atoms with Crippen molar-refractivity contribution in [3.8, 4) is 6.07 Å². The molecular formula is C25H19FN5O2S-. The van der Waals surface area contributed by atoms with Crippen molar-refractivity contribution in [3.05, 3.63) is 125 Å². The lowest BCUT2D eigenvalue weighted by Crippen LogP contribution is -2.20. The lowest BCUT2D eigenvalue weighted by Gasteiger charge is -2.28. The van der Waals surface area contributed by atoms with Crippen LogP contribution in [-0.4, -0.2) is 23.7 Å². The maximum Gasteiger partial charge on any atom is 0.216 e. The Balaban J connectivity index is 1.92. The number of nitriles is 1. The molecule has 0 amide bonds. The molecule has 0 aliphatic rings. The summed E-state index contributed by atoms with van der Waals surface area (Å²) in [6.45, 7) is 0.0167. The normalized spacial score (nSPS) is 13.6. The van der Waals surface area contributed by atoms with Crippen LogP contribution in [0, 0.1) is 17.3 Å². The van der Waals surface area contributed by atoms with Crippen molar-refractivity contribution in [1.29, 1.82) is 5.26 Å². The third-order valence-corrected chi connectivity index (χ3v) is 5.80. The van der Waals surface area contributed by atoms with Gasteiger partial charge in [-0.15, -0.1) is 0 Å². The van der Waals surface area contributed by atoms with E-state index in [2.05, 4.69) is 20.8 Å². The summed E-state index contributed by atoms with van der Waals surface area (Å²) in [6.07, 6.45) is 4.72. The maximum absolute atomic E-state index is 15.1. The van der Waals surface area contributed by atoms with E-state index in [0.29, 0.717) is 22.5 Å². The van der Waals surface area contributed by atoms with Gasteiger partial charge >= 0.3 is 0 Å². The van der Waals surface area contributed by atoms with Crippen molar-refractivity contribution in [2.45, 2.75) is 18.4 Å². The van der Waals surface area contributed by atoms with E-state index in [1.165, 1.54) is 6.20 Å². The highest BCUT2D eigenvalue weighted by Crippen LogP contribution is 2.42. The zero-order valence-corrected chi connectivity index (χ0v) is 18.7. The predicted molar refractivity (Wildman–Crippen MR) is 123 cm³/mol. The second-order valence-corrected chi connectivity index (χ2v) is 8.23. The van der Waals surface area contributed by atoms with Crippen molar-refractivity contribution >= 4 is 11.3 Å². The quantitative estimate of drug-likeness (QED) is 0.309. The molecule has 3 unspecified atom stereocenters. The van der Waals surface area contributed by atoms with Crippen molar-refractivity contribution in [1.82, 2.24) is 19.7 Å². The number of rotatable bonds is 8. The van der Waals surface area contributed by atoms with Crippen LogP contribution in [0.5, 0.6) is 0 Å². The van der Waals surface area contributed by atoms with E-state index in [9.17, 15) is 14.0 Å². The number of hydrogen-bond acceptors (Lipinski definition) is 6. The maximum atomic E-state index is 15.1. The minimum Gasteiger partial charge on any atom is -0.760 e. The molecule has 3 heterocycles. The van der Waals surface area contributed by atoms with Crippen LogP contribution in [0.25, 0.3) is 0 Å². The standard InChI is InChI=1S/C25H20FN5O2S/c26-25-21(6-3-13-29-25)23(19-4-2-12-28-15-19)24(18-10-8-17(14-27)9-11-18)22-7-1-5-20(31-22)16-30-34(32)33/h1-13,15,23-24,30H,16H2,(H,32,33)/p-1. The largest absolute Gasteiger partial charge is 0.760 e. The molecule has 3 atom stereocenters. The molecule has 4 aromatic rings. The van der Waals surface area contributed by atoms with E-state index < -0.39 is 29.0 Å². The predicted octanol–water partition coefficient (Wildman–Crippen LogP) is 3.73.